The summed E-state index contributed by atoms with van der Waals surface area (Å²) in [5.41, 5.74) is 1.02. The Morgan fingerprint density at radius 2 is 1.62 bits per heavy atom. The van der Waals surface area contributed by atoms with Gasteiger partial charge < -0.3 is 5.11 Å². The number of halogens is 6. The molecule has 0 radical (unpaired) electrons. The Bertz CT molecular complexity index is 2410. The second kappa shape index (κ2) is 13.3. The van der Waals surface area contributed by atoms with Crippen molar-refractivity contribution in [1.29, 1.82) is 0 Å². The van der Waals surface area contributed by atoms with Crippen LogP contribution in [0, 0.1) is 29.5 Å². The molecule has 2 aliphatic carbocycles. The molecule has 3 fully saturated rings. The van der Waals surface area contributed by atoms with Crippen molar-refractivity contribution in [3.8, 4) is 5.75 Å². The average Bonchev–Trinajstić information content (AvgIpc) is 3.54. The van der Waals surface area contributed by atoms with E-state index in [2.05, 4.69) is 10.4 Å². The number of benzene rings is 3. The van der Waals surface area contributed by atoms with Crippen LogP contribution < -0.4 is 10.3 Å². The van der Waals surface area contributed by atoms with Crippen molar-refractivity contribution in [2.24, 2.45) is 23.7 Å². The summed E-state index contributed by atoms with van der Waals surface area (Å²) in [6.45, 7) is 1.38. The van der Waals surface area contributed by atoms with Gasteiger partial charge in [0.25, 0.3) is 11.8 Å². The first-order valence-electron chi connectivity index (χ1n) is 17.3. The van der Waals surface area contributed by atoms with E-state index < -0.39 is 92.8 Å². The van der Waals surface area contributed by atoms with Crippen LogP contribution in [0.5, 0.6) is 5.75 Å². The summed E-state index contributed by atoms with van der Waals surface area (Å²) in [6, 6.07) is 16.2. The number of fused-ring (bicyclic) bond motifs is 4. The Hall–Kier alpha value is -5.60. The average molecular weight is 808 g/mol. The third-order valence-electron chi connectivity index (χ3n) is 11.4. The lowest BCUT2D eigenvalue weighted by Crippen LogP contribution is -2.53. The first-order chi connectivity index (χ1) is 26.5. The van der Waals surface area contributed by atoms with Gasteiger partial charge in [-0.05, 0) is 91.4 Å². The van der Waals surface area contributed by atoms with Gasteiger partial charge in [-0.1, -0.05) is 53.1 Å². The minimum Gasteiger partial charge on any atom is -0.505 e. The van der Waals surface area contributed by atoms with Crippen LogP contribution in [0.15, 0.2) is 90.6 Å². The molecule has 4 aliphatic rings. The van der Waals surface area contributed by atoms with Crippen LogP contribution in [0.1, 0.15) is 52.7 Å². The molecule has 0 spiro atoms. The van der Waals surface area contributed by atoms with Crippen LogP contribution in [0.4, 0.5) is 29.1 Å². The molecule has 1 saturated carbocycles. The molecule has 10 nitrogen and oxygen atoms in total. The number of aromatic hydroxyl groups is 1. The molecule has 4 aromatic rings. The molecule has 2 aliphatic heterocycles. The van der Waals surface area contributed by atoms with E-state index in [-0.39, 0.29) is 35.4 Å². The first kappa shape index (κ1) is 37.3. The van der Waals surface area contributed by atoms with Gasteiger partial charge in [0.05, 0.1) is 39.4 Å². The smallest absolute Gasteiger partial charge is 0.417 e. The maximum Gasteiger partial charge on any atom is 0.417 e. The quantitative estimate of drug-likeness (QED) is 0.0879. The lowest BCUT2D eigenvalue weighted by atomic mass is 9.49. The number of alkyl halides is 3. The number of phenols is 1. The molecule has 3 heterocycles. The molecule has 16 heteroatoms. The number of Topliss-reactive ketones (excluding diaryl/α,β-unsaturated/α-hetero) is 1. The van der Waals surface area contributed by atoms with Crippen LogP contribution in [0.25, 0.3) is 0 Å². The number of carbonyl (C=O) groups is 5. The third kappa shape index (κ3) is 5.60. The van der Waals surface area contributed by atoms with Crippen molar-refractivity contribution in [1.82, 2.24) is 9.99 Å². The molecule has 3 aromatic carbocycles. The highest BCUT2D eigenvalue weighted by Gasteiger charge is 2.70. The molecule has 286 valence electrons. The van der Waals surface area contributed by atoms with Crippen LogP contribution in [-0.2, 0) is 30.8 Å². The molecular formula is C40H28Cl2F4N4O6. The highest BCUT2D eigenvalue weighted by atomic mass is 35.5. The highest BCUT2D eigenvalue weighted by Crippen LogP contribution is 2.64. The lowest BCUT2D eigenvalue weighted by molar-refractivity contribution is -0.139. The molecule has 4 amide bonds. The van der Waals surface area contributed by atoms with Gasteiger partial charge in [-0.2, -0.15) is 18.2 Å². The van der Waals surface area contributed by atoms with Crippen LogP contribution in [0.2, 0.25) is 10.0 Å². The van der Waals surface area contributed by atoms with Crippen LogP contribution in [0.3, 0.4) is 0 Å². The number of phenolic OH excluding ortho intramolecular Hbond substituents is 1. The monoisotopic (exact) mass is 806 g/mol. The molecule has 2 N–H and O–H groups in total. The number of aromatic nitrogens is 1. The molecular weight excluding hydrogens is 779 g/mol. The zero-order valence-electron chi connectivity index (χ0n) is 29.0. The molecule has 0 unspecified atom stereocenters. The number of pyridine rings is 1. The van der Waals surface area contributed by atoms with E-state index in [1.54, 1.807) is 18.2 Å². The first-order valence-corrected chi connectivity index (χ1v) is 18.1. The molecule has 2 saturated heterocycles. The maximum absolute atomic E-state index is 15.3. The summed E-state index contributed by atoms with van der Waals surface area (Å²) < 4.78 is 55.7. The highest BCUT2D eigenvalue weighted by molar-refractivity contribution is 6.33. The van der Waals surface area contributed by atoms with Crippen LogP contribution >= 0.6 is 23.2 Å². The van der Waals surface area contributed by atoms with Gasteiger partial charge >= 0.3 is 6.18 Å². The summed E-state index contributed by atoms with van der Waals surface area (Å²) in [4.78, 5) is 75.2. The molecule has 0 bridgehead atoms. The van der Waals surface area contributed by atoms with Gasteiger partial charge in [0.1, 0.15) is 0 Å². The second-order valence-electron chi connectivity index (χ2n) is 14.2. The zero-order chi connectivity index (χ0) is 40.0. The maximum atomic E-state index is 15.3. The van der Waals surface area contributed by atoms with Crippen molar-refractivity contribution in [3.05, 3.63) is 129 Å². The number of carbonyl (C=O) groups excluding carboxylic acids is 5. The third-order valence-corrected chi connectivity index (χ3v) is 11.9. The topological polar surface area (TPSA) is 137 Å². The Balaban J connectivity index is 1.29. The van der Waals surface area contributed by atoms with E-state index in [1.807, 2.05) is 0 Å². The number of nitrogens with zero attached hydrogens (tertiary/aromatic N) is 3. The zero-order valence-corrected chi connectivity index (χ0v) is 30.5. The number of hydrogen-bond acceptors (Lipinski definition) is 8. The van der Waals surface area contributed by atoms with Crippen LogP contribution in [-0.4, -0.2) is 44.5 Å². The fourth-order valence-electron chi connectivity index (χ4n) is 8.96. The predicted octanol–water partition coefficient (Wildman–Crippen LogP) is 7.64. The van der Waals surface area contributed by atoms with Crippen molar-refractivity contribution < 1.29 is 46.6 Å². The van der Waals surface area contributed by atoms with E-state index in [4.69, 9.17) is 23.2 Å². The fourth-order valence-corrected chi connectivity index (χ4v) is 9.29. The largest absolute Gasteiger partial charge is 0.505 e. The standard InChI is InChI=1S/C40H28Cl2F4N4O6/c1-18(51)19-2-9-24(10-3-19)49-35(53)26-12-11-25-27(32(26)37(49)55)16-28-36(54)50(48-34-29(42)15-22(17-47-34)40(44,45)46)38(56)39(28,21-5-7-23(41)8-6-21)33(25)20-4-13-31(52)30(43)14-20/h2-11,13-15,17,26-28,32-33,52H,12,16H2,1H3,(H,47,48)/t26-,27+,28-,32-,33-,39+/m0/s1. The molecule has 6 atom stereocenters. The Kier molecular flexibility index (Phi) is 8.84. The van der Waals surface area contributed by atoms with Crippen molar-refractivity contribution in [2.45, 2.75) is 37.3 Å². The number of nitrogens with one attached hydrogen (secondary N) is 1. The Labute approximate surface area is 325 Å². The summed E-state index contributed by atoms with van der Waals surface area (Å²) >= 11 is 12.5. The van der Waals surface area contributed by atoms with E-state index in [1.165, 1.54) is 49.4 Å². The van der Waals surface area contributed by atoms with Crippen molar-refractivity contribution >= 4 is 64.1 Å². The van der Waals surface area contributed by atoms with Gasteiger partial charge in [-0.3, -0.25) is 34.3 Å². The summed E-state index contributed by atoms with van der Waals surface area (Å²) in [5, 5.41) is 10.6. The molecule has 8 rings (SSSR count). The molecule has 1 aromatic heterocycles. The Morgan fingerprint density at radius 1 is 0.929 bits per heavy atom. The normalized spacial score (nSPS) is 25.8. The van der Waals surface area contributed by atoms with E-state index in [9.17, 15) is 37.5 Å². The van der Waals surface area contributed by atoms with E-state index in [0.29, 0.717) is 33.4 Å². The number of hydrogen-bond donors (Lipinski definition) is 2. The SMILES string of the molecule is CC(=O)c1ccc(N2C(=O)[C@H]3[C@H](CC=C4[C@H]3C[C@H]3C(=O)N(Nc5ncc(C(F)(F)F)cc5Cl)C(=O)[C@@]3(c3ccc(Cl)cc3)[C@H]4c3ccc(O)c(F)c3)C2=O)cc1. The van der Waals surface area contributed by atoms with E-state index in [0.717, 1.165) is 17.0 Å². The van der Waals surface area contributed by atoms with Gasteiger partial charge in [-0.25, -0.2) is 9.37 Å². The number of imide groups is 2. The van der Waals surface area contributed by atoms with Gasteiger partial charge in [0.15, 0.2) is 23.2 Å². The molecule has 56 heavy (non-hydrogen) atoms. The second-order valence-corrected chi connectivity index (χ2v) is 15.1. The lowest BCUT2D eigenvalue weighted by Gasteiger charge is -2.50. The van der Waals surface area contributed by atoms with Gasteiger partial charge in [-0.15, -0.1) is 0 Å². The van der Waals surface area contributed by atoms with Gasteiger partial charge in [0.2, 0.25) is 11.8 Å². The number of hydrazine groups is 1. The van der Waals surface area contributed by atoms with Crippen molar-refractivity contribution in [2.75, 3.05) is 10.3 Å². The fraction of sp³-hybridized carbons (Fsp3) is 0.250. The summed E-state index contributed by atoms with van der Waals surface area (Å²) in [6.07, 6.45) is -2.66. The predicted molar refractivity (Wildman–Crippen MR) is 194 cm³/mol. The minimum atomic E-state index is -4.79. The summed E-state index contributed by atoms with van der Waals surface area (Å²) in [7, 11) is 0. The number of anilines is 2. The Morgan fingerprint density at radius 3 is 2.25 bits per heavy atom. The van der Waals surface area contributed by atoms with Gasteiger partial charge in [0, 0.05) is 22.7 Å². The number of ketones is 1. The summed E-state index contributed by atoms with van der Waals surface area (Å²) in [5.74, 6) is -10.4. The van der Waals surface area contributed by atoms with Crippen molar-refractivity contribution in [3.63, 3.8) is 0 Å². The minimum absolute atomic E-state index is 0.0523. The number of allylic oxidation sites excluding steroid dienone is 2. The number of amides is 4. The van der Waals surface area contributed by atoms with E-state index >= 15 is 9.18 Å². The number of rotatable bonds is 6.